The Hall–Kier alpha value is -2.02. The molecule has 0 spiro atoms. The predicted octanol–water partition coefficient (Wildman–Crippen LogP) is 4.20. The summed E-state index contributed by atoms with van der Waals surface area (Å²) >= 11 is 0. The van der Waals surface area contributed by atoms with E-state index in [1.54, 1.807) is 0 Å². The van der Waals surface area contributed by atoms with Crippen molar-refractivity contribution >= 4 is 11.3 Å². The third-order valence-electron chi connectivity index (χ3n) is 3.07. The van der Waals surface area contributed by atoms with Crippen molar-refractivity contribution in [3.05, 3.63) is 71.8 Å². The number of benzene rings is 2. The van der Waals surface area contributed by atoms with Gasteiger partial charge in [0.25, 0.3) is 0 Å². The van der Waals surface area contributed by atoms with Crippen molar-refractivity contribution in [2.45, 2.75) is 6.92 Å². The summed E-state index contributed by atoms with van der Waals surface area (Å²) in [5.74, 6) is 0. The van der Waals surface area contributed by atoms with E-state index in [2.05, 4.69) is 80.5 Å². The molecule has 0 N–H and O–H groups in total. The van der Waals surface area contributed by atoms with Crippen LogP contribution in [0.25, 0.3) is 5.57 Å². The van der Waals surface area contributed by atoms with Gasteiger partial charge in [-0.15, -0.1) is 0 Å². The zero-order valence-corrected chi connectivity index (χ0v) is 11.2. The monoisotopic (exact) mass is 237 g/mol. The van der Waals surface area contributed by atoms with Crippen LogP contribution in [0.15, 0.2) is 60.7 Å². The van der Waals surface area contributed by atoms with Crippen LogP contribution in [0.4, 0.5) is 5.69 Å². The van der Waals surface area contributed by atoms with E-state index in [1.807, 2.05) is 6.07 Å². The first kappa shape index (κ1) is 12.4. The van der Waals surface area contributed by atoms with Crippen molar-refractivity contribution in [2.75, 3.05) is 19.0 Å². The second-order valence-electron chi connectivity index (χ2n) is 4.51. The highest BCUT2D eigenvalue weighted by atomic mass is 15.1. The maximum absolute atomic E-state index is 2.18. The molecule has 0 saturated carbocycles. The highest BCUT2D eigenvalue weighted by molar-refractivity contribution is 5.80. The molecule has 2 rings (SSSR count). The minimum Gasteiger partial charge on any atom is -0.378 e. The van der Waals surface area contributed by atoms with Crippen LogP contribution in [0.1, 0.15) is 18.1 Å². The summed E-state index contributed by atoms with van der Waals surface area (Å²) in [7, 11) is 4.12. The van der Waals surface area contributed by atoms with Crippen LogP contribution < -0.4 is 4.90 Å². The maximum atomic E-state index is 2.18. The molecular weight excluding hydrogens is 218 g/mol. The normalized spacial score (nSPS) is 11.4. The molecule has 0 fully saturated rings. The second-order valence-corrected chi connectivity index (χ2v) is 4.51. The lowest BCUT2D eigenvalue weighted by Crippen LogP contribution is -2.08. The quantitative estimate of drug-likeness (QED) is 0.773. The lowest BCUT2D eigenvalue weighted by Gasteiger charge is -2.14. The number of rotatable bonds is 3. The molecule has 0 saturated heterocycles. The van der Waals surface area contributed by atoms with E-state index in [0.717, 1.165) is 0 Å². The molecular formula is C17H19N. The van der Waals surface area contributed by atoms with E-state index in [4.69, 9.17) is 0 Å². The SMILES string of the molecule is C/C=C(/c1ccccc1)c1ccc(N(C)C)cc1. The third-order valence-corrected chi connectivity index (χ3v) is 3.07. The molecule has 0 atom stereocenters. The van der Waals surface area contributed by atoms with Crippen LogP contribution in [0, 0.1) is 0 Å². The van der Waals surface area contributed by atoms with Gasteiger partial charge in [0.05, 0.1) is 0 Å². The third kappa shape index (κ3) is 2.62. The number of nitrogens with zero attached hydrogens (tertiary/aromatic N) is 1. The first-order valence-electron chi connectivity index (χ1n) is 6.22. The number of anilines is 1. The Morgan fingerprint density at radius 2 is 1.39 bits per heavy atom. The summed E-state index contributed by atoms with van der Waals surface area (Å²) in [5.41, 5.74) is 5.02. The fraction of sp³-hybridized carbons (Fsp3) is 0.176. The van der Waals surface area contributed by atoms with Gasteiger partial charge in [0.2, 0.25) is 0 Å². The standard InChI is InChI=1S/C17H19N/c1-4-17(14-8-6-5-7-9-14)15-10-12-16(13-11-15)18(2)3/h4-13H,1-3H3/b17-4-. The van der Waals surface area contributed by atoms with Gasteiger partial charge < -0.3 is 4.90 Å². The molecule has 0 radical (unpaired) electrons. The maximum Gasteiger partial charge on any atom is 0.0361 e. The molecule has 92 valence electrons. The van der Waals surface area contributed by atoms with Crippen LogP contribution in [0.5, 0.6) is 0 Å². The Balaban J connectivity index is 2.35. The summed E-state index contributed by atoms with van der Waals surface area (Å²) in [6.45, 7) is 2.09. The summed E-state index contributed by atoms with van der Waals surface area (Å²) in [4.78, 5) is 2.11. The molecule has 0 heterocycles. The highest BCUT2D eigenvalue weighted by Crippen LogP contribution is 2.24. The lowest BCUT2D eigenvalue weighted by molar-refractivity contribution is 1.13. The Morgan fingerprint density at radius 1 is 0.833 bits per heavy atom. The minimum absolute atomic E-state index is 1.22. The molecule has 0 unspecified atom stereocenters. The van der Waals surface area contributed by atoms with Gasteiger partial charge in [-0.05, 0) is 35.8 Å². The van der Waals surface area contributed by atoms with E-state index in [-0.39, 0.29) is 0 Å². The zero-order chi connectivity index (χ0) is 13.0. The van der Waals surface area contributed by atoms with Crippen molar-refractivity contribution < 1.29 is 0 Å². The van der Waals surface area contributed by atoms with Crippen molar-refractivity contribution in [1.82, 2.24) is 0 Å². The van der Waals surface area contributed by atoms with Gasteiger partial charge in [0, 0.05) is 19.8 Å². The smallest absolute Gasteiger partial charge is 0.0361 e. The molecule has 2 aromatic carbocycles. The van der Waals surface area contributed by atoms with Crippen LogP contribution in [0.3, 0.4) is 0 Å². The van der Waals surface area contributed by atoms with Crippen LogP contribution in [0.2, 0.25) is 0 Å². The highest BCUT2D eigenvalue weighted by Gasteiger charge is 2.03. The second kappa shape index (κ2) is 5.54. The largest absolute Gasteiger partial charge is 0.378 e. The van der Waals surface area contributed by atoms with Crippen LogP contribution in [-0.2, 0) is 0 Å². The van der Waals surface area contributed by atoms with Gasteiger partial charge in [0.15, 0.2) is 0 Å². The van der Waals surface area contributed by atoms with E-state index in [9.17, 15) is 0 Å². The Labute approximate surface area is 109 Å². The van der Waals surface area contributed by atoms with Crippen molar-refractivity contribution in [3.63, 3.8) is 0 Å². The fourth-order valence-electron chi connectivity index (χ4n) is 2.06. The number of hydrogen-bond acceptors (Lipinski definition) is 1. The van der Waals surface area contributed by atoms with Gasteiger partial charge >= 0.3 is 0 Å². The van der Waals surface area contributed by atoms with Gasteiger partial charge in [-0.25, -0.2) is 0 Å². The first-order chi connectivity index (χ1) is 8.72. The molecule has 0 aliphatic carbocycles. The fourth-order valence-corrected chi connectivity index (χ4v) is 2.06. The van der Waals surface area contributed by atoms with E-state index < -0.39 is 0 Å². The molecule has 1 nitrogen and oxygen atoms in total. The van der Waals surface area contributed by atoms with Crippen molar-refractivity contribution in [1.29, 1.82) is 0 Å². The van der Waals surface area contributed by atoms with Crippen LogP contribution >= 0.6 is 0 Å². The summed E-state index contributed by atoms with van der Waals surface area (Å²) in [6.07, 6.45) is 2.17. The van der Waals surface area contributed by atoms with Crippen molar-refractivity contribution in [3.8, 4) is 0 Å². The molecule has 1 heteroatoms. The van der Waals surface area contributed by atoms with E-state index in [0.29, 0.717) is 0 Å². The lowest BCUT2D eigenvalue weighted by atomic mass is 9.97. The molecule has 0 aliphatic heterocycles. The number of allylic oxidation sites excluding steroid dienone is 1. The van der Waals surface area contributed by atoms with Crippen LogP contribution in [-0.4, -0.2) is 14.1 Å². The molecule has 0 bridgehead atoms. The summed E-state index contributed by atoms with van der Waals surface area (Å²) in [6, 6.07) is 19.2. The Bertz CT molecular complexity index is 521. The molecule has 18 heavy (non-hydrogen) atoms. The van der Waals surface area contributed by atoms with Gasteiger partial charge in [-0.3, -0.25) is 0 Å². The average molecular weight is 237 g/mol. The average Bonchev–Trinajstić information content (AvgIpc) is 2.41. The Morgan fingerprint density at radius 3 is 1.89 bits per heavy atom. The van der Waals surface area contributed by atoms with Crippen molar-refractivity contribution in [2.24, 2.45) is 0 Å². The van der Waals surface area contributed by atoms with Gasteiger partial charge in [-0.1, -0.05) is 48.5 Å². The van der Waals surface area contributed by atoms with Gasteiger partial charge in [0.1, 0.15) is 0 Å². The predicted molar refractivity (Wildman–Crippen MR) is 80.0 cm³/mol. The summed E-state index contributed by atoms with van der Waals surface area (Å²) in [5, 5.41) is 0. The molecule has 0 aliphatic rings. The molecule has 0 aromatic heterocycles. The van der Waals surface area contributed by atoms with Gasteiger partial charge in [-0.2, -0.15) is 0 Å². The molecule has 2 aromatic rings. The zero-order valence-electron chi connectivity index (χ0n) is 11.2. The Kier molecular flexibility index (Phi) is 3.83. The minimum atomic E-state index is 1.22. The summed E-state index contributed by atoms with van der Waals surface area (Å²) < 4.78 is 0. The first-order valence-corrected chi connectivity index (χ1v) is 6.22. The topological polar surface area (TPSA) is 3.24 Å². The van der Waals surface area contributed by atoms with E-state index in [1.165, 1.54) is 22.4 Å². The van der Waals surface area contributed by atoms with E-state index >= 15 is 0 Å². The number of hydrogen-bond donors (Lipinski definition) is 0. The molecule has 0 amide bonds.